The van der Waals surface area contributed by atoms with E-state index in [2.05, 4.69) is 31.0 Å². The molecule has 19 heavy (non-hydrogen) atoms. The number of sulfonamides is 1. The van der Waals surface area contributed by atoms with Crippen molar-refractivity contribution >= 4 is 43.0 Å². The molecule has 0 aliphatic rings. The number of hydrogen-bond acceptors (Lipinski definition) is 5. The lowest BCUT2D eigenvalue weighted by Gasteiger charge is -2.06. The van der Waals surface area contributed by atoms with Crippen molar-refractivity contribution in [3.05, 3.63) is 39.3 Å². The van der Waals surface area contributed by atoms with Crippen molar-refractivity contribution in [1.29, 1.82) is 0 Å². The van der Waals surface area contributed by atoms with E-state index in [9.17, 15) is 8.42 Å². The van der Waals surface area contributed by atoms with Crippen LogP contribution >= 0.6 is 27.3 Å². The Kier molecular flexibility index (Phi) is 4.56. The first-order valence-corrected chi connectivity index (χ1v) is 8.48. The van der Waals surface area contributed by atoms with Crippen LogP contribution in [0.1, 0.15) is 4.88 Å². The zero-order valence-corrected chi connectivity index (χ0v) is 13.3. The van der Waals surface area contributed by atoms with Gasteiger partial charge in [0.2, 0.25) is 0 Å². The highest BCUT2D eigenvalue weighted by Gasteiger charge is 2.20. The lowest BCUT2D eigenvalue weighted by molar-refractivity contribution is 0.601. The quantitative estimate of drug-likeness (QED) is 0.857. The topological polar surface area (TPSA) is 71.1 Å². The summed E-state index contributed by atoms with van der Waals surface area (Å²) in [7, 11) is -1.78. The van der Waals surface area contributed by atoms with Crippen molar-refractivity contribution in [3.63, 3.8) is 0 Å². The van der Waals surface area contributed by atoms with E-state index < -0.39 is 10.0 Å². The second-order valence-electron chi connectivity index (χ2n) is 3.73. The number of nitrogens with one attached hydrogen (secondary N) is 2. The molecule has 8 heteroatoms. The normalized spacial score (nSPS) is 11.5. The van der Waals surface area contributed by atoms with Crippen molar-refractivity contribution in [2.45, 2.75) is 11.4 Å². The van der Waals surface area contributed by atoms with E-state index in [1.165, 1.54) is 17.5 Å². The maximum Gasteiger partial charge on any atom is 0.263 e. The molecule has 0 radical (unpaired) electrons. The van der Waals surface area contributed by atoms with E-state index in [0.717, 1.165) is 4.88 Å². The molecular formula is C11H12BrN3O2S2. The smallest absolute Gasteiger partial charge is 0.263 e. The zero-order valence-electron chi connectivity index (χ0n) is 10.1. The number of rotatable bonds is 5. The standard InChI is InChI=1S/C11H12BrN3O2S2/c1-13-7-9-5-10(11(12)18-9)19(16,17)15-8-3-2-4-14-6-8/h2-6,13,15H,7H2,1H3. The van der Waals surface area contributed by atoms with Crippen molar-refractivity contribution in [1.82, 2.24) is 10.3 Å². The van der Waals surface area contributed by atoms with Gasteiger partial charge in [-0.25, -0.2) is 8.42 Å². The van der Waals surface area contributed by atoms with Crippen LogP contribution in [0.5, 0.6) is 0 Å². The van der Waals surface area contributed by atoms with Gasteiger partial charge >= 0.3 is 0 Å². The van der Waals surface area contributed by atoms with Gasteiger partial charge in [-0.2, -0.15) is 0 Å². The van der Waals surface area contributed by atoms with Crippen LogP contribution in [0, 0.1) is 0 Å². The highest BCUT2D eigenvalue weighted by Crippen LogP contribution is 2.32. The molecule has 0 atom stereocenters. The van der Waals surface area contributed by atoms with Gasteiger partial charge in [0.15, 0.2) is 0 Å². The molecule has 5 nitrogen and oxygen atoms in total. The molecule has 0 aliphatic carbocycles. The Labute approximate surface area is 124 Å². The third-order valence-corrected chi connectivity index (χ3v) is 5.89. The van der Waals surface area contributed by atoms with Crippen molar-refractivity contribution in [3.8, 4) is 0 Å². The monoisotopic (exact) mass is 361 g/mol. The fraction of sp³-hybridized carbons (Fsp3) is 0.182. The maximum atomic E-state index is 12.3. The van der Waals surface area contributed by atoms with Gasteiger partial charge in [0.25, 0.3) is 10.0 Å². The lowest BCUT2D eigenvalue weighted by Crippen LogP contribution is -2.12. The van der Waals surface area contributed by atoms with Crippen LogP contribution in [0.25, 0.3) is 0 Å². The second-order valence-corrected chi connectivity index (χ2v) is 7.83. The van der Waals surface area contributed by atoms with Crippen LogP contribution in [0.4, 0.5) is 5.69 Å². The summed E-state index contributed by atoms with van der Waals surface area (Å²) < 4.78 is 27.6. The molecule has 0 saturated carbocycles. The molecule has 2 aromatic heterocycles. The number of hydrogen-bond donors (Lipinski definition) is 2. The van der Waals surface area contributed by atoms with Crippen LogP contribution in [-0.4, -0.2) is 20.4 Å². The minimum atomic E-state index is -3.60. The molecule has 0 amide bonds. The van der Waals surface area contributed by atoms with Crippen LogP contribution < -0.4 is 10.0 Å². The Hall–Kier alpha value is -0.960. The van der Waals surface area contributed by atoms with Gasteiger partial charge in [0.1, 0.15) is 4.90 Å². The Balaban J connectivity index is 2.29. The van der Waals surface area contributed by atoms with Gasteiger partial charge in [0.05, 0.1) is 15.7 Å². The summed E-state index contributed by atoms with van der Waals surface area (Å²) in [6, 6.07) is 4.98. The average Bonchev–Trinajstić information content (AvgIpc) is 2.72. The minimum Gasteiger partial charge on any atom is -0.315 e. The number of nitrogens with zero attached hydrogens (tertiary/aromatic N) is 1. The van der Waals surface area contributed by atoms with E-state index in [0.29, 0.717) is 16.0 Å². The summed E-state index contributed by atoms with van der Waals surface area (Å²) in [5, 5.41) is 2.99. The largest absolute Gasteiger partial charge is 0.315 e. The van der Waals surface area contributed by atoms with Crippen LogP contribution in [0.2, 0.25) is 0 Å². The third-order valence-electron chi connectivity index (χ3n) is 2.26. The molecule has 2 rings (SSSR count). The molecule has 2 N–H and O–H groups in total. The van der Waals surface area contributed by atoms with E-state index in [1.54, 1.807) is 24.4 Å². The number of anilines is 1. The molecule has 0 unspecified atom stereocenters. The van der Waals surface area contributed by atoms with E-state index >= 15 is 0 Å². The molecule has 0 bridgehead atoms. The molecule has 0 aliphatic heterocycles. The van der Waals surface area contributed by atoms with E-state index in [4.69, 9.17) is 0 Å². The zero-order chi connectivity index (χ0) is 13.9. The number of halogens is 1. The Morgan fingerprint density at radius 2 is 2.26 bits per heavy atom. The van der Waals surface area contributed by atoms with Crippen LogP contribution in [-0.2, 0) is 16.6 Å². The third kappa shape index (κ3) is 3.53. The van der Waals surface area contributed by atoms with Gasteiger partial charge in [-0.15, -0.1) is 11.3 Å². The van der Waals surface area contributed by atoms with Crippen molar-refractivity contribution < 1.29 is 8.42 Å². The van der Waals surface area contributed by atoms with Gasteiger partial charge in [-0.3, -0.25) is 9.71 Å². The van der Waals surface area contributed by atoms with Crippen molar-refractivity contribution in [2.75, 3.05) is 11.8 Å². The van der Waals surface area contributed by atoms with Gasteiger partial charge in [-0.1, -0.05) is 0 Å². The lowest BCUT2D eigenvalue weighted by atomic mass is 10.4. The first kappa shape index (κ1) is 14.4. The molecule has 0 aromatic carbocycles. The average molecular weight is 362 g/mol. The maximum absolute atomic E-state index is 12.3. The summed E-state index contributed by atoms with van der Waals surface area (Å²) in [6.07, 6.45) is 3.05. The summed E-state index contributed by atoms with van der Waals surface area (Å²) in [5.74, 6) is 0. The predicted octanol–water partition coefficient (Wildman–Crippen LogP) is 2.43. The van der Waals surface area contributed by atoms with Crippen molar-refractivity contribution in [2.24, 2.45) is 0 Å². The molecule has 0 fully saturated rings. The summed E-state index contributed by atoms with van der Waals surface area (Å²) in [6.45, 7) is 0.631. The molecule has 2 heterocycles. The molecule has 0 spiro atoms. The molecule has 102 valence electrons. The predicted molar refractivity (Wildman–Crippen MR) is 79.8 cm³/mol. The van der Waals surface area contributed by atoms with Gasteiger partial charge in [-0.05, 0) is 41.2 Å². The Morgan fingerprint density at radius 1 is 1.47 bits per heavy atom. The fourth-order valence-corrected chi connectivity index (χ4v) is 5.21. The molecular weight excluding hydrogens is 350 g/mol. The summed E-state index contributed by atoms with van der Waals surface area (Å²) in [5.41, 5.74) is 0.441. The summed E-state index contributed by atoms with van der Waals surface area (Å²) >= 11 is 4.69. The molecule has 2 aromatic rings. The Bertz CT molecular complexity index is 656. The first-order valence-electron chi connectivity index (χ1n) is 5.38. The molecule has 0 saturated heterocycles. The second kappa shape index (κ2) is 6.00. The highest BCUT2D eigenvalue weighted by atomic mass is 79.9. The number of pyridine rings is 1. The SMILES string of the molecule is CNCc1cc(S(=O)(=O)Nc2cccnc2)c(Br)s1. The van der Waals surface area contributed by atoms with E-state index in [1.807, 2.05) is 7.05 Å². The number of aromatic nitrogens is 1. The van der Waals surface area contributed by atoms with Crippen LogP contribution in [0.15, 0.2) is 39.3 Å². The highest BCUT2D eigenvalue weighted by molar-refractivity contribution is 9.11. The van der Waals surface area contributed by atoms with Gasteiger partial charge in [0, 0.05) is 17.6 Å². The minimum absolute atomic E-state index is 0.242. The number of thiophene rings is 1. The fourth-order valence-electron chi connectivity index (χ4n) is 1.48. The first-order chi connectivity index (χ1) is 9.03. The van der Waals surface area contributed by atoms with Crippen LogP contribution in [0.3, 0.4) is 0 Å². The van der Waals surface area contributed by atoms with Gasteiger partial charge < -0.3 is 5.32 Å². The summed E-state index contributed by atoms with van der Waals surface area (Å²) in [4.78, 5) is 5.06. The Morgan fingerprint density at radius 3 is 2.89 bits per heavy atom. The van der Waals surface area contributed by atoms with E-state index in [-0.39, 0.29) is 4.90 Å².